The summed E-state index contributed by atoms with van der Waals surface area (Å²) in [5.74, 6) is 0. The van der Waals surface area contributed by atoms with Gasteiger partial charge in [-0.15, -0.1) is 0 Å². The second-order valence-electron chi connectivity index (χ2n) is 3.60. The molecule has 0 spiro atoms. The Bertz CT molecular complexity index is 643. The van der Waals surface area contributed by atoms with E-state index in [4.69, 9.17) is 0 Å². The Morgan fingerprint density at radius 2 is 2.06 bits per heavy atom. The van der Waals surface area contributed by atoms with Crippen molar-refractivity contribution in [1.29, 1.82) is 0 Å². The predicted octanol–water partition coefficient (Wildman–Crippen LogP) is 0.753. The predicted molar refractivity (Wildman–Crippen MR) is 67.0 cm³/mol. The number of hydrogen-bond acceptors (Lipinski definition) is 3. The Hall–Kier alpha value is -1.69. The van der Waals surface area contributed by atoms with E-state index in [0.717, 1.165) is 9.04 Å². The van der Waals surface area contributed by atoms with E-state index < -0.39 is 0 Å². The van der Waals surface area contributed by atoms with Crippen molar-refractivity contribution >= 4 is 15.9 Å². The molecule has 0 aliphatic rings. The lowest BCUT2D eigenvalue weighted by atomic mass is 10.3. The topological polar surface area (TPSA) is 56.9 Å². The van der Waals surface area contributed by atoms with Gasteiger partial charge < -0.3 is 4.57 Å². The summed E-state index contributed by atoms with van der Waals surface area (Å²) in [5.41, 5.74) is -0.00126. The third-order valence-corrected chi connectivity index (χ3v) is 2.82. The third-order valence-electron chi connectivity index (χ3n) is 2.35. The fourth-order valence-electron chi connectivity index (χ4n) is 1.42. The molecule has 0 N–H and O–H groups in total. The minimum Gasteiger partial charge on any atom is -0.303 e. The first kappa shape index (κ1) is 11.8. The number of aromatic nitrogens is 3. The molecule has 17 heavy (non-hydrogen) atoms. The molecule has 2 heterocycles. The molecule has 2 aromatic heterocycles. The molecule has 6 heteroatoms. The lowest BCUT2D eigenvalue weighted by molar-refractivity contribution is 0.631. The highest BCUT2D eigenvalue weighted by atomic mass is 79.9. The van der Waals surface area contributed by atoms with Gasteiger partial charge >= 0.3 is 5.69 Å². The molecule has 0 aliphatic heterocycles. The van der Waals surface area contributed by atoms with E-state index in [2.05, 4.69) is 20.9 Å². The molecular weight excluding hydrogens is 286 g/mol. The van der Waals surface area contributed by atoms with E-state index in [-0.39, 0.29) is 17.8 Å². The SMILES string of the molecule is Cn1ccc(=O)n(Cc2ccc(Br)cn2)c1=O. The maximum absolute atomic E-state index is 11.7. The first-order valence-corrected chi connectivity index (χ1v) is 5.74. The van der Waals surface area contributed by atoms with Crippen LogP contribution in [-0.4, -0.2) is 14.1 Å². The number of aryl methyl sites for hydroxylation is 1. The molecule has 2 rings (SSSR count). The number of hydrogen-bond donors (Lipinski definition) is 0. The van der Waals surface area contributed by atoms with Crippen LogP contribution in [0.4, 0.5) is 0 Å². The Kier molecular flexibility index (Phi) is 3.23. The maximum atomic E-state index is 11.7. The van der Waals surface area contributed by atoms with Crippen molar-refractivity contribution in [3.63, 3.8) is 0 Å². The van der Waals surface area contributed by atoms with Gasteiger partial charge in [-0.3, -0.25) is 14.3 Å². The summed E-state index contributed by atoms with van der Waals surface area (Å²) in [7, 11) is 1.60. The van der Waals surface area contributed by atoms with E-state index in [1.807, 2.05) is 6.07 Å². The molecule has 0 unspecified atom stereocenters. The Morgan fingerprint density at radius 1 is 1.29 bits per heavy atom. The molecule has 0 fully saturated rings. The summed E-state index contributed by atoms with van der Waals surface area (Å²) in [6.45, 7) is 0.180. The highest BCUT2D eigenvalue weighted by Gasteiger charge is 2.04. The van der Waals surface area contributed by atoms with Gasteiger partial charge in [-0.25, -0.2) is 4.79 Å². The molecule has 0 radical (unpaired) electrons. The fourth-order valence-corrected chi connectivity index (χ4v) is 1.66. The normalized spacial score (nSPS) is 10.5. The Balaban J connectivity index is 2.43. The number of rotatable bonds is 2. The van der Waals surface area contributed by atoms with Gasteiger partial charge in [0.05, 0.1) is 12.2 Å². The van der Waals surface area contributed by atoms with Crippen LogP contribution in [0.3, 0.4) is 0 Å². The lowest BCUT2D eigenvalue weighted by Gasteiger charge is -2.05. The molecule has 0 aliphatic carbocycles. The molecular formula is C11H10BrN3O2. The zero-order chi connectivity index (χ0) is 12.4. The van der Waals surface area contributed by atoms with Gasteiger partial charge in [0, 0.05) is 30.0 Å². The van der Waals surface area contributed by atoms with E-state index in [1.165, 1.54) is 16.8 Å². The molecule has 0 saturated heterocycles. The second-order valence-corrected chi connectivity index (χ2v) is 4.52. The van der Waals surface area contributed by atoms with Crippen molar-refractivity contribution in [3.8, 4) is 0 Å². The molecule has 0 bridgehead atoms. The van der Waals surface area contributed by atoms with Crippen molar-refractivity contribution in [2.45, 2.75) is 6.54 Å². The molecule has 0 saturated carbocycles. The quantitative estimate of drug-likeness (QED) is 0.822. The smallest absolute Gasteiger partial charge is 0.303 e. The third kappa shape index (κ3) is 2.52. The molecule has 0 aromatic carbocycles. The summed E-state index contributed by atoms with van der Waals surface area (Å²) < 4.78 is 3.37. The van der Waals surface area contributed by atoms with Crippen LogP contribution < -0.4 is 11.2 Å². The fraction of sp³-hybridized carbons (Fsp3) is 0.182. The van der Waals surface area contributed by atoms with Gasteiger partial charge in [0.1, 0.15) is 0 Å². The van der Waals surface area contributed by atoms with Crippen LogP contribution in [0.1, 0.15) is 5.69 Å². The van der Waals surface area contributed by atoms with Crippen molar-refractivity contribution in [1.82, 2.24) is 14.1 Å². The van der Waals surface area contributed by atoms with E-state index in [0.29, 0.717) is 5.69 Å². The average Bonchev–Trinajstić information content (AvgIpc) is 2.32. The van der Waals surface area contributed by atoms with E-state index >= 15 is 0 Å². The van der Waals surface area contributed by atoms with Crippen LogP contribution >= 0.6 is 15.9 Å². The summed E-state index contributed by atoms with van der Waals surface area (Å²) in [6.07, 6.45) is 3.09. The summed E-state index contributed by atoms with van der Waals surface area (Å²) >= 11 is 3.27. The van der Waals surface area contributed by atoms with Crippen molar-refractivity contribution in [2.24, 2.45) is 7.05 Å². The summed E-state index contributed by atoms with van der Waals surface area (Å²) in [4.78, 5) is 27.5. The van der Waals surface area contributed by atoms with Gasteiger partial charge in [-0.05, 0) is 28.1 Å². The van der Waals surface area contributed by atoms with Gasteiger partial charge in [0.2, 0.25) is 0 Å². The Labute approximate surface area is 105 Å². The van der Waals surface area contributed by atoms with Gasteiger partial charge in [-0.1, -0.05) is 0 Å². The van der Waals surface area contributed by atoms with Crippen LogP contribution in [0.25, 0.3) is 0 Å². The van der Waals surface area contributed by atoms with E-state index in [9.17, 15) is 9.59 Å². The van der Waals surface area contributed by atoms with Gasteiger partial charge in [-0.2, -0.15) is 0 Å². The highest BCUT2D eigenvalue weighted by Crippen LogP contribution is 2.07. The standard InChI is InChI=1S/C11H10BrN3O2/c1-14-5-4-10(16)15(11(14)17)7-9-3-2-8(12)6-13-9/h2-6H,7H2,1H3. The van der Waals surface area contributed by atoms with Crippen LogP contribution in [0, 0.1) is 0 Å². The van der Waals surface area contributed by atoms with E-state index in [1.54, 1.807) is 19.3 Å². The molecule has 0 atom stereocenters. The lowest BCUT2D eigenvalue weighted by Crippen LogP contribution is -2.38. The molecule has 2 aromatic rings. The molecule has 0 amide bonds. The van der Waals surface area contributed by atoms with Crippen LogP contribution in [0.5, 0.6) is 0 Å². The monoisotopic (exact) mass is 295 g/mol. The second kappa shape index (κ2) is 4.67. The van der Waals surface area contributed by atoms with Crippen LogP contribution in [-0.2, 0) is 13.6 Å². The molecule has 88 valence electrons. The van der Waals surface area contributed by atoms with Crippen LogP contribution in [0.2, 0.25) is 0 Å². The number of pyridine rings is 1. The average molecular weight is 296 g/mol. The summed E-state index contributed by atoms with van der Waals surface area (Å²) in [6, 6.07) is 4.95. The zero-order valence-corrected chi connectivity index (χ0v) is 10.7. The maximum Gasteiger partial charge on any atom is 0.331 e. The summed E-state index contributed by atoms with van der Waals surface area (Å²) in [5, 5.41) is 0. The van der Waals surface area contributed by atoms with Crippen LogP contribution in [0.15, 0.2) is 44.7 Å². The minimum absolute atomic E-state index is 0.180. The van der Waals surface area contributed by atoms with Crippen molar-refractivity contribution in [2.75, 3.05) is 0 Å². The minimum atomic E-state index is -0.345. The number of halogens is 1. The highest BCUT2D eigenvalue weighted by molar-refractivity contribution is 9.10. The van der Waals surface area contributed by atoms with Gasteiger partial charge in [0.15, 0.2) is 0 Å². The zero-order valence-electron chi connectivity index (χ0n) is 9.13. The first-order valence-electron chi connectivity index (χ1n) is 4.95. The largest absolute Gasteiger partial charge is 0.331 e. The Morgan fingerprint density at radius 3 is 2.71 bits per heavy atom. The first-order chi connectivity index (χ1) is 8.08. The van der Waals surface area contributed by atoms with Crippen molar-refractivity contribution < 1.29 is 0 Å². The van der Waals surface area contributed by atoms with Crippen molar-refractivity contribution in [3.05, 3.63) is 61.6 Å². The molecule has 5 nitrogen and oxygen atoms in total. The van der Waals surface area contributed by atoms with Gasteiger partial charge in [0.25, 0.3) is 5.56 Å². The number of nitrogens with zero attached hydrogens (tertiary/aromatic N) is 3.